The molecule has 0 aromatic rings. The standard InChI is InChI=1S/C9H10F9I/c1-6(10,11)3-8(14,15)4-7(12,13)2-5(19)9(16,17)18/h5H,2-4H2,1H3. The summed E-state index contributed by atoms with van der Waals surface area (Å²) in [5.41, 5.74) is 0. The summed E-state index contributed by atoms with van der Waals surface area (Å²) >= 11 is 0.655. The van der Waals surface area contributed by atoms with Gasteiger partial charge in [0.2, 0.25) is 0 Å². The van der Waals surface area contributed by atoms with Gasteiger partial charge in [-0.2, -0.15) is 13.2 Å². The molecule has 0 aromatic carbocycles. The summed E-state index contributed by atoms with van der Waals surface area (Å²) in [5, 5.41) is 0. The van der Waals surface area contributed by atoms with E-state index in [0.717, 1.165) is 0 Å². The van der Waals surface area contributed by atoms with Gasteiger partial charge in [0.05, 0.1) is 12.8 Å². The monoisotopic (exact) mass is 416 g/mol. The van der Waals surface area contributed by atoms with Gasteiger partial charge in [-0.25, -0.2) is 26.3 Å². The highest BCUT2D eigenvalue weighted by Crippen LogP contribution is 2.42. The van der Waals surface area contributed by atoms with Crippen LogP contribution in [-0.2, 0) is 0 Å². The third-order valence-corrected chi connectivity index (χ3v) is 3.07. The molecule has 0 amide bonds. The van der Waals surface area contributed by atoms with E-state index in [9.17, 15) is 39.5 Å². The van der Waals surface area contributed by atoms with Crippen LogP contribution in [0.15, 0.2) is 0 Å². The number of alkyl halides is 10. The molecular formula is C9H10F9I. The van der Waals surface area contributed by atoms with E-state index >= 15 is 0 Å². The van der Waals surface area contributed by atoms with E-state index in [4.69, 9.17) is 0 Å². The molecule has 0 aliphatic rings. The minimum atomic E-state index is -4.96. The molecule has 0 saturated carbocycles. The van der Waals surface area contributed by atoms with Crippen LogP contribution < -0.4 is 0 Å². The second kappa shape index (κ2) is 5.84. The predicted octanol–water partition coefficient (Wildman–Crippen LogP) is 5.45. The first-order valence-electron chi connectivity index (χ1n) is 4.88. The zero-order valence-corrected chi connectivity index (χ0v) is 11.6. The van der Waals surface area contributed by atoms with Gasteiger partial charge < -0.3 is 0 Å². The fourth-order valence-electron chi connectivity index (χ4n) is 1.35. The average molecular weight is 416 g/mol. The molecule has 10 heteroatoms. The van der Waals surface area contributed by atoms with Gasteiger partial charge in [-0.15, -0.1) is 0 Å². The van der Waals surface area contributed by atoms with Crippen molar-refractivity contribution >= 4 is 22.6 Å². The molecule has 19 heavy (non-hydrogen) atoms. The van der Waals surface area contributed by atoms with Crippen LogP contribution in [0, 0.1) is 0 Å². The minimum absolute atomic E-state index is 0.121. The second-order valence-corrected chi connectivity index (χ2v) is 5.85. The Morgan fingerprint density at radius 1 is 0.789 bits per heavy atom. The number of hydrogen-bond acceptors (Lipinski definition) is 0. The number of rotatable bonds is 6. The lowest BCUT2D eigenvalue weighted by Gasteiger charge is -2.27. The molecule has 0 radical (unpaired) electrons. The van der Waals surface area contributed by atoms with Crippen molar-refractivity contribution < 1.29 is 39.5 Å². The number of halogens is 10. The Morgan fingerprint density at radius 3 is 1.53 bits per heavy atom. The molecule has 0 nitrogen and oxygen atoms in total. The van der Waals surface area contributed by atoms with Crippen molar-refractivity contribution in [1.82, 2.24) is 0 Å². The van der Waals surface area contributed by atoms with Gasteiger partial charge in [0.1, 0.15) is 3.92 Å². The predicted molar refractivity (Wildman–Crippen MR) is 58.2 cm³/mol. The molecule has 0 aliphatic carbocycles. The van der Waals surface area contributed by atoms with Gasteiger partial charge in [0, 0.05) is 6.42 Å². The van der Waals surface area contributed by atoms with Crippen LogP contribution in [0.4, 0.5) is 39.5 Å². The molecular weight excluding hydrogens is 406 g/mol. The first kappa shape index (κ1) is 19.1. The van der Waals surface area contributed by atoms with Crippen molar-refractivity contribution in [3.05, 3.63) is 0 Å². The highest BCUT2D eigenvalue weighted by molar-refractivity contribution is 14.1. The smallest absolute Gasteiger partial charge is 0.207 e. The summed E-state index contributed by atoms with van der Waals surface area (Å²) in [6.45, 7) is 0.121. The lowest BCUT2D eigenvalue weighted by Crippen LogP contribution is -2.37. The maximum absolute atomic E-state index is 13.0. The molecule has 1 atom stereocenters. The van der Waals surface area contributed by atoms with E-state index in [0.29, 0.717) is 22.6 Å². The maximum Gasteiger partial charge on any atom is 0.400 e. The molecule has 0 heterocycles. The van der Waals surface area contributed by atoms with E-state index in [1.54, 1.807) is 0 Å². The second-order valence-electron chi connectivity index (χ2n) is 4.35. The van der Waals surface area contributed by atoms with Crippen LogP contribution >= 0.6 is 22.6 Å². The first-order chi connectivity index (χ1) is 8.04. The summed E-state index contributed by atoms with van der Waals surface area (Å²) in [6.07, 6.45) is -11.3. The molecule has 0 aliphatic heterocycles. The Labute approximate surface area is 116 Å². The Hall–Kier alpha value is 0.1000. The summed E-state index contributed by atoms with van der Waals surface area (Å²) < 4.78 is 110. The van der Waals surface area contributed by atoms with Crippen molar-refractivity contribution in [2.75, 3.05) is 0 Å². The van der Waals surface area contributed by atoms with Crippen LogP contribution in [0.25, 0.3) is 0 Å². The van der Waals surface area contributed by atoms with Crippen molar-refractivity contribution in [3.63, 3.8) is 0 Å². The largest absolute Gasteiger partial charge is 0.400 e. The summed E-state index contributed by atoms with van der Waals surface area (Å²) in [5.74, 6) is -12.7. The fourth-order valence-corrected chi connectivity index (χ4v) is 1.99. The number of hydrogen-bond donors (Lipinski definition) is 0. The molecule has 0 spiro atoms. The third kappa shape index (κ3) is 8.79. The van der Waals surface area contributed by atoms with Crippen molar-refractivity contribution in [2.24, 2.45) is 0 Å². The van der Waals surface area contributed by atoms with Crippen molar-refractivity contribution in [2.45, 2.75) is 54.1 Å². The van der Waals surface area contributed by atoms with E-state index in [-0.39, 0.29) is 6.92 Å². The maximum atomic E-state index is 13.0. The quantitative estimate of drug-likeness (QED) is 0.307. The molecule has 0 aromatic heterocycles. The third-order valence-electron chi connectivity index (χ3n) is 1.92. The van der Waals surface area contributed by atoms with Crippen LogP contribution in [-0.4, -0.2) is 27.9 Å². The normalized spacial score (nSPS) is 16.6. The van der Waals surface area contributed by atoms with Gasteiger partial charge in [-0.05, 0) is 6.92 Å². The molecule has 0 saturated heterocycles. The lowest BCUT2D eigenvalue weighted by molar-refractivity contribution is -0.171. The van der Waals surface area contributed by atoms with E-state index in [1.165, 1.54) is 0 Å². The van der Waals surface area contributed by atoms with Crippen molar-refractivity contribution in [1.29, 1.82) is 0 Å². The van der Waals surface area contributed by atoms with Gasteiger partial charge in [0.15, 0.2) is 0 Å². The van der Waals surface area contributed by atoms with E-state index < -0.39 is 47.1 Å². The lowest BCUT2D eigenvalue weighted by atomic mass is 10.0. The topological polar surface area (TPSA) is 0 Å². The molecule has 116 valence electrons. The minimum Gasteiger partial charge on any atom is -0.207 e. The van der Waals surface area contributed by atoms with Crippen molar-refractivity contribution in [3.8, 4) is 0 Å². The molecule has 0 rings (SSSR count). The molecule has 1 unspecified atom stereocenters. The molecule has 0 N–H and O–H groups in total. The van der Waals surface area contributed by atoms with Crippen LogP contribution in [0.2, 0.25) is 0 Å². The zero-order valence-electron chi connectivity index (χ0n) is 9.48. The van der Waals surface area contributed by atoms with Gasteiger partial charge in [-0.3, -0.25) is 0 Å². The summed E-state index contributed by atoms with van der Waals surface area (Å²) in [7, 11) is 0. The first-order valence-corrected chi connectivity index (χ1v) is 6.13. The van der Waals surface area contributed by atoms with E-state index in [1.807, 2.05) is 0 Å². The SMILES string of the molecule is CC(F)(F)CC(F)(F)CC(F)(F)CC(I)C(F)(F)F. The van der Waals surface area contributed by atoms with Gasteiger partial charge >= 0.3 is 6.18 Å². The Kier molecular flexibility index (Phi) is 5.87. The average Bonchev–Trinajstić information content (AvgIpc) is 1.91. The van der Waals surface area contributed by atoms with E-state index in [2.05, 4.69) is 0 Å². The summed E-state index contributed by atoms with van der Waals surface area (Å²) in [4.78, 5) is 0. The Morgan fingerprint density at radius 2 is 1.21 bits per heavy atom. The van der Waals surface area contributed by atoms with Crippen LogP contribution in [0.3, 0.4) is 0 Å². The molecule has 0 fully saturated rings. The van der Waals surface area contributed by atoms with Crippen LogP contribution in [0.5, 0.6) is 0 Å². The molecule has 0 bridgehead atoms. The fraction of sp³-hybridized carbons (Fsp3) is 1.00. The summed E-state index contributed by atoms with van der Waals surface area (Å²) in [6, 6.07) is 0. The van der Waals surface area contributed by atoms with Gasteiger partial charge in [-0.1, -0.05) is 22.6 Å². The highest BCUT2D eigenvalue weighted by atomic mass is 127. The zero-order chi connectivity index (χ0) is 15.7. The Bertz CT molecular complexity index is 291. The van der Waals surface area contributed by atoms with Crippen LogP contribution in [0.1, 0.15) is 26.2 Å². The van der Waals surface area contributed by atoms with Gasteiger partial charge in [0.25, 0.3) is 17.8 Å². The highest BCUT2D eigenvalue weighted by Gasteiger charge is 2.51. The Balaban J connectivity index is 4.68.